The van der Waals surface area contributed by atoms with Crippen LogP contribution in [0.4, 0.5) is 5.69 Å². The Morgan fingerprint density at radius 2 is 2.05 bits per heavy atom. The summed E-state index contributed by atoms with van der Waals surface area (Å²) in [4.78, 5) is 38.3. The first kappa shape index (κ1) is 22.7. The van der Waals surface area contributed by atoms with Gasteiger partial charge in [0, 0.05) is 49.9 Å². The molecule has 11 nitrogen and oxygen atoms in total. The highest BCUT2D eigenvalue weighted by molar-refractivity contribution is 5.97. The largest absolute Gasteiger partial charge is 0.390 e. The maximum Gasteiger partial charge on any atom is 0.295 e. The van der Waals surface area contributed by atoms with Crippen LogP contribution in [0.15, 0.2) is 23.0 Å². The van der Waals surface area contributed by atoms with E-state index in [1.165, 1.54) is 6.92 Å². The summed E-state index contributed by atoms with van der Waals surface area (Å²) in [5.74, 6) is 1.25. The van der Waals surface area contributed by atoms with E-state index in [0.717, 1.165) is 48.8 Å². The minimum atomic E-state index is -0.505. The quantitative estimate of drug-likeness (QED) is 0.413. The summed E-state index contributed by atoms with van der Waals surface area (Å²) < 4.78 is 5.60. The Morgan fingerprint density at radius 3 is 2.81 bits per heavy atom. The molecule has 0 spiro atoms. The topological polar surface area (TPSA) is 149 Å². The third-order valence-electron chi connectivity index (χ3n) is 8.87. The van der Waals surface area contributed by atoms with Crippen molar-refractivity contribution >= 4 is 28.5 Å². The SMILES string of the molecule is CC(=O)N[C@H]1CCN(C(=O)c2noc(-c3cnc4[nH]ccc4c3NC3C4CC5CC3CC(O)(C5)C4)n2)C1. The lowest BCUT2D eigenvalue weighted by atomic mass is 9.52. The molecule has 4 bridgehead atoms. The maximum atomic E-state index is 13.1. The lowest BCUT2D eigenvalue weighted by Crippen LogP contribution is -2.59. The first-order valence-corrected chi connectivity index (χ1v) is 13.2. The molecule has 4 aliphatic carbocycles. The van der Waals surface area contributed by atoms with Gasteiger partial charge in [-0.1, -0.05) is 5.16 Å². The minimum Gasteiger partial charge on any atom is -0.390 e. The molecule has 5 aliphatic rings. The number of aromatic amines is 1. The standard InChI is InChI=1S/C26H31N7O4/c1-13(34)29-17-3-5-33(12-17)25(35)23-31-24(37-32-23)19-11-28-22-18(2-4-27-22)21(19)30-20-15-6-14-7-16(20)10-26(36,8-14)9-15/h2,4,11,14-17,20,36H,3,5-10,12H2,1H3,(H,29,34)(H2,27,28,30)/t14?,15?,16?,17-,20?,26?/m0/s1. The van der Waals surface area contributed by atoms with E-state index in [1.807, 2.05) is 12.3 Å². The number of carbonyl (C=O) groups excluding carboxylic acids is 2. The highest BCUT2D eigenvalue weighted by Gasteiger charge is 2.54. The lowest BCUT2D eigenvalue weighted by molar-refractivity contribution is -0.129. The number of nitrogens with zero attached hydrogens (tertiary/aromatic N) is 4. The zero-order chi connectivity index (χ0) is 25.3. The molecule has 3 atom stereocenters. The number of H-pyrrole nitrogens is 1. The first-order valence-electron chi connectivity index (χ1n) is 13.2. The molecule has 2 amide bonds. The van der Waals surface area contributed by atoms with Crippen molar-refractivity contribution in [3.8, 4) is 11.5 Å². The molecule has 4 N–H and O–H groups in total. The van der Waals surface area contributed by atoms with Crippen LogP contribution in [0.1, 0.15) is 56.1 Å². The Morgan fingerprint density at radius 1 is 1.24 bits per heavy atom. The Kier molecular flexibility index (Phi) is 5.08. The number of anilines is 1. The second-order valence-corrected chi connectivity index (χ2v) is 11.5. The van der Waals surface area contributed by atoms with Gasteiger partial charge >= 0.3 is 0 Å². The second kappa shape index (κ2) is 8.27. The van der Waals surface area contributed by atoms with Gasteiger partial charge in [0.15, 0.2) is 0 Å². The van der Waals surface area contributed by atoms with Gasteiger partial charge in [0.2, 0.25) is 5.91 Å². The van der Waals surface area contributed by atoms with Crippen molar-refractivity contribution in [2.45, 2.75) is 63.1 Å². The molecule has 0 radical (unpaired) electrons. The lowest BCUT2D eigenvalue weighted by Gasteiger charge is -2.58. The predicted molar refractivity (Wildman–Crippen MR) is 133 cm³/mol. The number of hydrogen-bond donors (Lipinski definition) is 4. The van der Waals surface area contributed by atoms with Crippen LogP contribution in [0.3, 0.4) is 0 Å². The van der Waals surface area contributed by atoms with Crippen LogP contribution in [0.5, 0.6) is 0 Å². The fourth-order valence-electron chi connectivity index (χ4n) is 7.62. The average Bonchev–Trinajstić information content (AvgIpc) is 3.60. The normalized spacial score (nSPS) is 32.3. The second-order valence-electron chi connectivity index (χ2n) is 11.5. The first-order chi connectivity index (χ1) is 17.8. The third-order valence-corrected chi connectivity index (χ3v) is 8.87. The van der Waals surface area contributed by atoms with Crippen LogP contribution in [0.25, 0.3) is 22.5 Å². The highest BCUT2D eigenvalue weighted by Crippen LogP contribution is 2.56. The van der Waals surface area contributed by atoms with Crippen molar-refractivity contribution in [1.29, 1.82) is 0 Å². The van der Waals surface area contributed by atoms with Crippen molar-refractivity contribution in [2.24, 2.45) is 17.8 Å². The van der Waals surface area contributed by atoms with Gasteiger partial charge in [0.1, 0.15) is 5.65 Å². The molecule has 3 aromatic heterocycles. The smallest absolute Gasteiger partial charge is 0.295 e. The number of nitrogens with one attached hydrogen (secondary N) is 3. The van der Waals surface area contributed by atoms with Gasteiger partial charge in [-0.2, -0.15) is 4.98 Å². The fraction of sp³-hybridized carbons (Fsp3) is 0.577. The van der Waals surface area contributed by atoms with E-state index in [2.05, 4.69) is 30.7 Å². The Bertz CT molecular complexity index is 1370. The summed E-state index contributed by atoms with van der Waals surface area (Å²) in [5.41, 5.74) is 1.77. The molecule has 8 rings (SSSR count). The number of rotatable bonds is 5. The molecule has 5 fully saturated rings. The monoisotopic (exact) mass is 505 g/mol. The van der Waals surface area contributed by atoms with Crippen molar-refractivity contribution in [3.05, 3.63) is 24.3 Å². The average molecular weight is 506 g/mol. The van der Waals surface area contributed by atoms with E-state index < -0.39 is 5.60 Å². The van der Waals surface area contributed by atoms with Gasteiger partial charge in [-0.05, 0) is 62.3 Å². The molecule has 4 heterocycles. The van der Waals surface area contributed by atoms with Gasteiger partial charge in [0.25, 0.3) is 17.6 Å². The van der Waals surface area contributed by atoms with Gasteiger partial charge in [0.05, 0.1) is 16.9 Å². The van der Waals surface area contributed by atoms with Crippen molar-refractivity contribution in [2.75, 3.05) is 18.4 Å². The van der Waals surface area contributed by atoms with Crippen LogP contribution in [-0.2, 0) is 4.79 Å². The molecule has 194 valence electrons. The highest BCUT2D eigenvalue weighted by atomic mass is 16.5. The van der Waals surface area contributed by atoms with Crippen molar-refractivity contribution < 1.29 is 19.2 Å². The van der Waals surface area contributed by atoms with E-state index in [-0.39, 0.29) is 35.6 Å². The number of aliphatic hydroxyl groups is 1. The number of hydrogen-bond acceptors (Lipinski definition) is 8. The van der Waals surface area contributed by atoms with Crippen LogP contribution in [0, 0.1) is 17.8 Å². The summed E-state index contributed by atoms with van der Waals surface area (Å²) in [5, 5.41) is 22.6. The van der Waals surface area contributed by atoms with E-state index in [1.54, 1.807) is 11.1 Å². The van der Waals surface area contributed by atoms with Crippen LogP contribution < -0.4 is 10.6 Å². The van der Waals surface area contributed by atoms with Gasteiger partial charge in [-0.15, -0.1) is 0 Å². The number of aromatic nitrogens is 4. The van der Waals surface area contributed by atoms with E-state index >= 15 is 0 Å². The third kappa shape index (κ3) is 3.87. The van der Waals surface area contributed by atoms with Crippen LogP contribution in [0.2, 0.25) is 0 Å². The maximum absolute atomic E-state index is 13.1. The molecule has 11 heteroatoms. The molecule has 4 saturated carbocycles. The number of pyridine rings is 1. The number of likely N-dealkylation sites (tertiary alicyclic amines) is 1. The summed E-state index contributed by atoms with van der Waals surface area (Å²) in [6, 6.07) is 2.16. The van der Waals surface area contributed by atoms with E-state index in [0.29, 0.717) is 42.8 Å². The summed E-state index contributed by atoms with van der Waals surface area (Å²) in [6.45, 7) is 2.42. The van der Waals surface area contributed by atoms with Crippen LogP contribution >= 0.6 is 0 Å². The zero-order valence-electron chi connectivity index (χ0n) is 20.7. The predicted octanol–water partition coefficient (Wildman–Crippen LogP) is 2.31. The van der Waals surface area contributed by atoms with Crippen molar-refractivity contribution in [3.63, 3.8) is 0 Å². The Labute approximate surface area is 213 Å². The molecule has 37 heavy (non-hydrogen) atoms. The zero-order valence-corrected chi connectivity index (χ0v) is 20.7. The summed E-state index contributed by atoms with van der Waals surface area (Å²) in [6.07, 6.45) is 9.15. The molecule has 0 aromatic carbocycles. The fourth-order valence-corrected chi connectivity index (χ4v) is 7.62. The molecule has 1 aliphatic heterocycles. The molecular weight excluding hydrogens is 474 g/mol. The number of carbonyl (C=O) groups is 2. The Hall–Kier alpha value is -3.47. The minimum absolute atomic E-state index is 0.00423. The van der Waals surface area contributed by atoms with Gasteiger partial charge in [-0.25, -0.2) is 4.98 Å². The summed E-state index contributed by atoms with van der Waals surface area (Å²) >= 11 is 0. The van der Waals surface area contributed by atoms with E-state index in [4.69, 9.17) is 4.52 Å². The molecular formula is C26H31N7O4. The number of amides is 2. The van der Waals surface area contributed by atoms with Crippen molar-refractivity contribution in [1.82, 2.24) is 30.3 Å². The molecule has 3 aromatic rings. The molecule has 1 saturated heterocycles. The Balaban J connectivity index is 1.17. The van der Waals surface area contributed by atoms with Crippen LogP contribution in [-0.4, -0.2) is 72.7 Å². The summed E-state index contributed by atoms with van der Waals surface area (Å²) in [7, 11) is 0. The van der Waals surface area contributed by atoms with Gasteiger partial charge in [-0.3, -0.25) is 9.59 Å². The number of fused-ring (bicyclic) bond motifs is 1. The van der Waals surface area contributed by atoms with E-state index in [9.17, 15) is 14.7 Å². The molecule has 2 unspecified atom stereocenters. The van der Waals surface area contributed by atoms with Gasteiger partial charge < -0.3 is 30.1 Å².